The van der Waals surface area contributed by atoms with E-state index >= 15 is 0 Å². The van der Waals surface area contributed by atoms with E-state index in [0.717, 1.165) is 23.9 Å². The average molecular weight is 383 g/mol. The van der Waals surface area contributed by atoms with Gasteiger partial charge in [-0.15, -0.1) is 11.8 Å². The van der Waals surface area contributed by atoms with Gasteiger partial charge in [-0.1, -0.05) is 0 Å². The highest BCUT2D eigenvalue weighted by Crippen LogP contribution is 2.20. The summed E-state index contributed by atoms with van der Waals surface area (Å²) < 4.78 is 30.8. The second-order valence-corrected chi connectivity index (χ2v) is 6.11. The number of carbonyl (C=O) groups excluding carboxylic acids is 3. The van der Waals surface area contributed by atoms with Crippen molar-refractivity contribution in [2.45, 2.75) is 17.9 Å². The Hall–Kier alpha value is -2.88. The Labute approximate surface area is 151 Å². The van der Waals surface area contributed by atoms with Crippen LogP contribution >= 0.6 is 11.8 Å². The Balaban J connectivity index is 1.63. The van der Waals surface area contributed by atoms with Gasteiger partial charge in [0, 0.05) is 17.1 Å². The smallest absolute Gasteiger partial charge is 0.327 e. The molecule has 0 saturated carbocycles. The molecule has 0 aliphatic heterocycles. The molecule has 0 spiro atoms. The van der Waals surface area contributed by atoms with Crippen molar-refractivity contribution in [1.29, 1.82) is 0 Å². The van der Waals surface area contributed by atoms with E-state index in [-0.39, 0.29) is 18.7 Å². The van der Waals surface area contributed by atoms with E-state index in [1.165, 1.54) is 12.3 Å². The number of thioether (sulfide) groups is 1. The highest BCUT2D eigenvalue weighted by molar-refractivity contribution is 7.99. The molecule has 0 atom stereocenters. The second kappa shape index (κ2) is 9.56. The van der Waals surface area contributed by atoms with E-state index in [0.29, 0.717) is 10.7 Å². The monoisotopic (exact) mass is 383 g/mol. The van der Waals surface area contributed by atoms with Crippen LogP contribution in [0.3, 0.4) is 0 Å². The Bertz CT molecular complexity index is 784. The first kappa shape index (κ1) is 19.4. The Kier molecular flexibility index (Phi) is 7.15. The molecule has 2 rings (SSSR count). The standard InChI is InChI=1S/C16H15F2N3O4S/c17-12-4-3-11(8-13(12)18)26-7-5-14(22)20-21-16(24)15(23)19-9-10-2-1-6-25-10/h1-4,6,8H,5,7,9H2,(H,19,23)(H,20,22)(H,21,24). The molecule has 0 aliphatic carbocycles. The molecule has 0 bridgehead atoms. The first-order valence-corrected chi connectivity index (χ1v) is 8.41. The lowest BCUT2D eigenvalue weighted by atomic mass is 10.3. The summed E-state index contributed by atoms with van der Waals surface area (Å²) in [5.41, 5.74) is 4.07. The molecule has 0 radical (unpaired) electrons. The molecular weight excluding hydrogens is 368 g/mol. The van der Waals surface area contributed by atoms with Crippen LogP contribution in [0.15, 0.2) is 45.9 Å². The summed E-state index contributed by atoms with van der Waals surface area (Å²) in [5, 5.41) is 2.32. The van der Waals surface area contributed by atoms with Crippen molar-refractivity contribution in [2.24, 2.45) is 0 Å². The van der Waals surface area contributed by atoms with E-state index in [1.54, 1.807) is 12.1 Å². The van der Waals surface area contributed by atoms with Gasteiger partial charge in [0.15, 0.2) is 11.6 Å². The van der Waals surface area contributed by atoms with Crippen molar-refractivity contribution in [2.75, 3.05) is 5.75 Å². The molecule has 0 fully saturated rings. The molecule has 0 aliphatic rings. The number of amides is 3. The molecule has 7 nitrogen and oxygen atoms in total. The number of carbonyl (C=O) groups is 3. The Morgan fingerprint density at radius 2 is 1.85 bits per heavy atom. The molecule has 26 heavy (non-hydrogen) atoms. The van der Waals surface area contributed by atoms with Crippen LogP contribution in [0.4, 0.5) is 8.78 Å². The zero-order chi connectivity index (χ0) is 18.9. The maximum absolute atomic E-state index is 13.0. The summed E-state index contributed by atoms with van der Waals surface area (Å²) in [5.74, 6) is -3.66. The molecule has 1 heterocycles. The lowest BCUT2D eigenvalue weighted by Crippen LogP contribution is -2.48. The van der Waals surface area contributed by atoms with E-state index in [2.05, 4.69) is 10.7 Å². The maximum Gasteiger partial charge on any atom is 0.327 e. The molecule has 1 aromatic carbocycles. The maximum atomic E-state index is 13.0. The van der Waals surface area contributed by atoms with Gasteiger partial charge in [0.2, 0.25) is 5.91 Å². The summed E-state index contributed by atoms with van der Waals surface area (Å²) in [7, 11) is 0. The Morgan fingerprint density at radius 3 is 2.54 bits per heavy atom. The number of nitrogens with one attached hydrogen (secondary N) is 3. The molecule has 0 unspecified atom stereocenters. The molecule has 1 aromatic heterocycles. The number of hydrogen-bond acceptors (Lipinski definition) is 5. The van der Waals surface area contributed by atoms with E-state index in [1.807, 2.05) is 5.43 Å². The molecule has 3 amide bonds. The minimum atomic E-state index is -1.03. The van der Waals surface area contributed by atoms with E-state index in [4.69, 9.17) is 4.42 Å². The number of benzene rings is 1. The topological polar surface area (TPSA) is 100 Å². The van der Waals surface area contributed by atoms with Crippen molar-refractivity contribution in [1.82, 2.24) is 16.2 Å². The van der Waals surface area contributed by atoms with Crippen molar-refractivity contribution in [3.63, 3.8) is 0 Å². The second-order valence-electron chi connectivity index (χ2n) is 4.94. The number of rotatable bonds is 6. The van der Waals surface area contributed by atoms with Crippen LogP contribution in [0.25, 0.3) is 0 Å². The van der Waals surface area contributed by atoms with Gasteiger partial charge in [-0.3, -0.25) is 25.2 Å². The van der Waals surface area contributed by atoms with Crippen molar-refractivity contribution in [3.8, 4) is 0 Å². The SMILES string of the molecule is O=C(CCSc1ccc(F)c(F)c1)NNC(=O)C(=O)NCc1ccco1. The first-order chi connectivity index (χ1) is 12.5. The van der Waals surface area contributed by atoms with Crippen LogP contribution in [-0.2, 0) is 20.9 Å². The molecule has 138 valence electrons. The predicted octanol–water partition coefficient (Wildman–Crippen LogP) is 1.50. The summed E-state index contributed by atoms with van der Waals surface area (Å²) in [6.07, 6.45) is 1.43. The van der Waals surface area contributed by atoms with Crippen LogP contribution in [0.5, 0.6) is 0 Å². The highest BCUT2D eigenvalue weighted by atomic mass is 32.2. The summed E-state index contributed by atoms with van der Waals surface area (Å²) in [6.45, 7) is 0.0398. The minimum absolute atomic E-state index is 0.00203. The summed E-state index contributed by atoms with van der Waals surface area (Å²) in [4.78, 5) is 35.1. The van der Waals surface area contributed by atoms with Gasteiger partial charge in [-0.05, 0) is 30.3 Å². The van der Waals surface area contributed by atoms with Gasteiger partial charge in [0.05, 0.1) is 12.8 Å². The van der Waals surface area contributed by atoms with Gasteiger partial charge in [-0.2, -0.15) is 0 Å². The van der Waals surface area contributed by atoms with Crippen molar-refractivity contribution < 1.29 is 27.6 Å². The van der Waals surface area contributed by atoms with Crippen LogP contribution in [0, 0.1) is 11.6 Å². The van der Waals surface area contributed by atoms with E-state index < -0.39 is 29.4 Å². The third-order valence-electron chi connectivity index (χ3n) is 3.01. The zero-order valence-electron chi connectivity index (χ0n) is 13.4. The fourth-order valence-electron chi connectivity index (χ4n) is 1.73. The third-order valence-corrected chi connectivity index (χ3v) is 4.01. The average Bonchev–Trinajstić information content (AvgIpc) is 3.14. The highest BCUT2D eigenvalue weighted by Gasteiger charge is 2.14. The van der Waals surface area contributed by atoms with Gasteiger partial charge < -0.3 is 9.73 Å². The minimum Gasteiger partial charge on any atom is -0.467 e. The quantitative estimate of drug-likeness (QED) is 0.399. The molecule has 2 aromatic rings. The van der Waals surface area contributed by atoms with Gasteiger partial charge in [0.25, 0.3) is 0 Å². The number of halogens is 2. The lowest BCUT2D eigenvalue weighted by Gasteiger charge is -2.07. The largest absolute Gasteiger partial charge is 0.467 e. The van der Waals surface area contributed by atoms with Gasteiger partial charge >= 0.3 is 11.8 Å². The lowest BCUT2D eigenvalue weighted by molar-refractivity contribution is -0.141. The first-order valence-electron chi connectivity index (χ1n) is 7.43. The van der Waals surface area contributed by atoms with Crippen LogP contribution in [0.1, 0.15) is 12.2 Å². The summed E-state index contributed by atoms with van der Waals surface area (Å²) in [6, 6.07) is 6.69. The van der Waals surface area contributed by atoms with Gasteiger partial charge in [-0.25, -0.2) is 8.78 Å². The van der Waals surface area contributed by atoms with Crippen molar-refractivity contribution in [3.05, 3.63) is 54.0 Å². The van der Waals surface area contributed by atoms with Crippen LogP contribution < -0.4 is 16.2 Å². The number of hydrogen-bond donors (Lipinski definition) is 3. The van der Waals surface area contributed by atoms with Crippen molar-refractivity contribution >= 4 is 29.5 Å². The normalized spacial score (nSPS) is 10.2. The molecule has 10 heteroatoms. The zero-order valence-corrected chi connectivity index (χ0v) is 14.2. The molecule has 3 N–H and O–H groups in total. The van der Waals surface area contributed by atoms with Gasteiger partial charge in [0.1, 0.15) is 5.76 Å². The summed E-state index contributed by atoms with van der Waals surface area (Å²) >= 11 is 1.15. The Morgan fingerprint density at radius 1 is 1.04 bits per heavy atom. The fourth-order valence-corrected chi connectivity index (χ4v) is 2.61. The van der Waals surface area contributed by atoms with Crippen LogP contribution in [0.2, 0.25) is 0 Å². The predicted molar refractivity (Wildman–Crippen MR) is 88.5 cm³/mol. The van der Waals surface area contributed by atoms with Crippen LogP contribution in [-0.4, -0.2) is 23.5 Å². The fraction of sp³-hybridized carbons (Fsp3) is 0.188. The van der Waals surface area contributed by atoms with E-state index in [9.17, 15) is 23.2 Å². The number of hydrazine groups is 1. The third kappa shape index (κ3) is 6.20. The number of furan rings is 1. The molecule has 0 saturated heterocycles. The molecular formula is C16H15F2N3O4S.